The molecule has 0 saturated carbocycles. The number of aromatic nitrogens is 3. The smallest absolute Gasteiger partial charge is 0.153 e. The van der Waals surface area contributed by atoms with Crippen molar-refractivity contribution in [2.75, 3.05) is 0 Å². The molecular formula is C15H12ClF2N3. The molecular weight excluding hydrogens is 296 g/mol. The molecule has 0 aliphatic heterocycles. The van der Waals surface area contributed by atoms with Gasteiger partial charge in [0.1, 0.15) is 17.2 Å². The van der Waals surface area contributed by atoms with Crippen LogP contribution in [0.1, 0.15) is 24.4 Å². The standard InChI is InChI=1S/C15H12ClF2N3/c1-9(10-2-4-19-5-3-10)21-13-7-11(17)6-12(18)15(13)20-14(21)8-16/h2-7,9H,8H2,1H3. The van der Waals surface area contributed by atoms with Crippen molar-refractivity contribution in [2.24, 2.45) is 0 Å². The molecule has 21 heavy (non-hydrogen) atoms. The Kier molecular flexibility index (Phi) is 3.59. The van der Waals surface area contributed by atoms with Crippen molar-refractivity contribution in [3.63, 3.8) is 0 Å². The molecule has 1 atom stereocenters. The highest BCUT2D eigenvalue weighted by atomic mass is 35.5. The average Bonchev–Trinajstić information content (AvgIpc) is 2.86. The van der Waals surface area contributed by atoms with Crippen molar-refractivity contribution in [1.29, 1.82) is 0 Å². The van der Waals surface area contributed by atoms with Crippen LogP contribution in [-0.2, 0) is 5.88 Å². The third kappa shape index (κ3) is 2.38. The second-order valence-electron chi connectivity index (χ2n) is 4.74. The number of halogens is 3. The van der Waals surface area contributed by atoms with E-state index in [2.05, 4.69) is 9.97 Å². The zero-order valence-corrected chi connectivity index (χ0v) is 12.0. The van der Waals surface area contributed by atoms with E-state index in [1.54, 1.807) is 17.0 Å². The zero-order valence-electron chi connectivity index (χ0n) is 11.2. The molecule has 3 aromatic rings. The number of rotatable bonds is 3. The first-order chi connectivity index (χ1) is 10.1. The van der Waals surface area contributed by atoms with Crippen molar-refractivity contribution < 1.29 is 8.78 Å². The molecule has 0 saturated heterocycles. The summed E-state index contributed by atoms with van der Waals surface area (Å²) in [6.45, 7) is 1.93. The molecule has 0 radical (unpaired) electrons. The highest BCUT2D eigenvalue weighted by Crippen LogP contribution is 2.28. The van der Waals surface area contributed by atoms with E-state index in [1.807, 2.05) is 19.1 Å². The van der Waals surface area contributed by atoms with Crippen molar-refractivity contribution >= 4 is 22.6 Å². The zero-order chi connectivity index (χ0) is 15.0. The van der Waals surface area contributed by atoms with Crippen molar-refractivity contribution in [2.45, 2.75) is 18.8 Å². The summed E-state index contributed by atoms with van der Waals surface area (Å²) in [7, 11) is 0. The van der Waals surface area contributed by atoms with Crippen molar-refractivity contribution in [3.05, 3.63) is 59.7 Å². The summed E-state index contributed by atoms with van der Waals surface area (Å²) in [6, 6.07) is 5.65. The number of pyridine rings is 1. The Hall–Kier alpha value is -2.01. The Bertz CT molecular complexity index is 786. The Morgan fingerprint density at radius 1 is 1.24 bits per heavy atom. The van der Waals surface area contributed by atoms with Crippen LogP contribution in [0, 0.1) is 11.6 Å². The number of benzene rings is 1. The molecule has 108 valence electrons. The lowest BCUT2D eigenvalue weighted by Gasteiger charge is -2.17. The third-order valence-corrected chi connectivity index (χ3v) is 3.72. The normalized spacial score (nSPS) is 12.8. The number of alkyl halides is 1. The molecule has 1 unspecified atom stereocenters. The minimum atomic E-state index is -0.683. The highest BCUT2D eigenvalue weighted by molar-refractivity contribution is 6.16. The van der Waals surface area contributed by atoms with E-state index in [0.29, 0.717) is 11.3 Å². The van der Waals surface area contributed by atoms with E-state index in [4.69, 9.17) is 11.6 Å². The first-order valence-corrected chi connectivity index (χ1v) is 6.97. The van der Waals surface area contributed by atoms with Gasteiger partial charge in [-0.05, 0) is 30.7 Å². The first kappa shape index (κ1) is 13.9. The molecule has 0 aliphatic rings. The van der Waals surface area contributed by atoms with Gasteiger partial charge < -0.3 is 4.57 Å². The van der Waals surface area contributed by atoms with Crippen LogP contribution in [0.15, 0.2) is 36.7 Å². The number of fused-ring (bicyclic) bond motifs is 1. The van der Waals surface area contributed by atoms with E-state index >= 15 is 0 Å². The molecule has 0 aliphatic carbocycles. The quantitative estimate of drug-likeness (QED) is 0.683. The molecule has 3 nitrogen and oxygen atoms in total. The Balaban J connectivity index is 2.25. The van der Waals surface area contributed by atoms with Gasteiger partial charge in [0.05, 0.1) is 17.4 Å². The summed E-state index contributed by atoms with van der Waals surface area (Å²) in [5, 5.41) is 0. The van der Waals surface area contributed by atoms with Gasteiger partial charge in [0.2, 0.25) is 0 Å². The topological polar surface area (TPSA) is 30.7 Å². The van der Waals surface area contributed by atoms with Crippen LogP contribution < -0.4 is 0 Å². The van der Waals surface area contributed by atoms with Crippen LogP contribution in [0.25, 0.3) is 11.0 Å². The summed E-state index contributed by atoms with van der Waals surface area (Å²) in [4.78, 5) is 8.16. The van der Waals surface area contributed by atoms with Gasteiger partial charge in [0.25, 0.3) is 0 Å². The maximum atomic E-state index is 13.9. The third-order valence-electron chi connectivity index (χ3n) is 3.48. The number of nitrogens with zero attached hydrogens (tertiary/aromatic N) is 3. The van der Waals surface area contributed by atoms with E-state index in [0.717, 1.165) is 11.6 Å². The first-order valence-electron chi connectivity index (χ1n) is 6.43. The van der Waals surface area contributed by atoms with Crippen LogP contribution in [0.3, 0.4) is 0 Å². The molecule has 2 heterocycles. The molecule has 6 heteroatoms. The molecule has 3 rings (SSSR count). The summed E-state index contributed by atoms with van der Waals surface area (Å²) in [5.74, 6) is -0.702. The van der Waals surface area contributed by atoms with Gasteiger partial charge in [0.15, 0.2) is 5.82 Å². The SMILES string of the molecule is CC(c1ccncc1)n1c(CCl)nc2c(F)cc(F)cc21. The van der Waals surface area contributed by atoms with Crippen LogP contribution in [-0.4, -0.2) is 14.5 Å². The molecule has 0 amide bonds. The fraction of sp³-hybridized carbons (Fsp3) is 0.200. The van der Waals surface area contributed by atoms with Gasteiger partial charge in [-0.1, -0.05) is 0 Å². The second kappa shape index (κ2) is 5.41. The summed E-state index contributed by atoms with van der Waals surface area (Å²) in [5.41, 5.74) is 1.49. The predicted octanol–water partition coefficient (Wildman–Crippen LogP) is 4.06. The summed E-state index contributed by atoms with van der Waals surface area (Å²) < 4.78 is 29.2. The second-order valence-corrected chi connectivity index (χ2v) is 5.01. The molecule has 0 bridgehead atoms. The van der Waals surface area contributed by atoms with Crippen molar-refractivity contribution in [1.82, 2.24) is 14.5 Å². The monoisotopic (exact) mass is 307 g/mol. The van der Waals surface area contributed by atoms with E-state index in [-0.39, 0.29) is 17.4 Å². The van der Waals surface area contributed by atoms with Crippen LogP contribution in [0.4, 0.5) is 8.78 Å². The molecule has 0 spiro atoms. The number of imidazole rings is 1. The maximum Gasteiger partial charge on any atom is 0.153 e. The largest absolute Gasteiger partial charge is 0.319 e. The maximum absolute atomic E-state index is 13.9. The number of hydrogen-bond acceptors (Lipinski definition) is 2. The van der Waals surface area contributed by atoms with Gasteiger partial charge >= 0.3 is 0 Å². The molecule has 0 fully saturated rings. The summed E-state index contributed by atoms with van der Waals surface area (Å²) in [6.07, 6.45) is 3.35. The van der Waals surface area contributed by atoms with Gasteiger partial charge in [-0.15, -0.1) is 11.6 Å². The lowest BCUT2D eigenvalue weighted by Crippen LogP contribution is -2.10. The molecule has 1 aromatic carbocycles. The fourth-order valence-corrected chi connectivity index (χ4v) is 2.67. The van der Waals surface area contributed by atoms with Crippen LogP contribution in [0.5, 0.6) is 0 Å². The minimum Gasteiger partial charge on any atom is -0.319 e. The lowest BCUT2D eigenvalue weighted by atomic mass is 10.1. The Labute approximate surface area is 125 Å². The van der Waals surface area contributed by atoms with Gasteiger partial charge in [-0.25, -0.2) is 13.8 Å². The average molecular weight is 308 g/mol. The summed E-state index contributed by atoms with van der Waals surface area (Å²) >= 11 is 5.92. The fourth-order valence-electron chi connectivity index (χ4n) is 2.49. The van der Waals surface area contributed by atoms with Gasteiger partial charge in [-0.3, -0.25) is 4.98 Å². The van der Waals surface area contributed by atoms with E-state index in [9.17, 15) is 8.78 Å². The predicted molar refractivity (Wildman–Crippen MR) is 77.3 cm³/mol. The lowest BCUT2D eigenvalue weighted by molar-refractivity contribution is 0.588. The molecule has 2 aromatic heterocycles. The van der Waals surface area contributed by atoms with Crippen LogP contribution >= 0.6 is 11.6 Å². The van der Waals surface area contributed by atoms with E-state index in [1.165, 1.54) is 6.07 Å². The van der Waals surface area contributed by atoms with Gasteiger partial charge in [0, 0.05) is 18.5 Å². The Morgan fingerprint density at radius 3 is 2.62 bits per heavy atom. The van der Waals surface area contributed by atoms with Crippen LogP contribution in [0.2, 0.25) is 0 Å². The van der Waals surface area contributed by atoms with E-state index < -0.39 is 11.6 Å². The van der Waals surface area contributed by atoms with Crippen molar-refractivity contribution in [3.8, 4) is 0 Å². The highest BCUT2D eigenvalue weighted by Gasteiger charge is 2.19. The minimum absolute atomic E-state index is 0.116. The molecule has 0 N–H and O–H groups in total. The number of hydrogen-bond donors (Lipinski definition) is 0. The van der Waals surface area contributed by atoms with Gasteiger partial charge in [-0.2, -0.15) is 0 Å². The Morgan fingerprint density at radius 2 is 1.95 bits per heavy atom.